The second-order valence-electron chi connectivity index (χ2n) is 6.17. The quantitative estimate of drug-likeness (QED) is 0.417. The highest BCUT2D eigenvalue weighted by molar-refractivity contribution is 14.0. The Balaban J connectivity index is 0.00000208. The zero-order valence-electron chi connectivity index (χ0n) is 14.3. The summed E-state index contributed by atoms with van der Waals surface area (Å²) >= 11 is 0. The maximum atomic E-state index is 5.43. The molecule has 0 spiro atoms. The van der Waals surface area contributed by atoms with Crippen molar-refractivity contribution in [2.45, 2.75) is 19.9 Å². The molecule has 0 aliphatic carbocycles. The lowest BCUT2D eigenvalue weighted by Gasteiger charge is -2.29. The van der Waals surface area contributed by atoms with Crippen LogP contribution in [0.15, 0.2) is 21.8 Å². The summed E-state index contributed by atoms with van der Waals surface area (Å²) in [6.07, 6.45) is 2.82. The van der Waals surface area contributed by atoms with Gasteiger partial charge >= 0.3 is 0 Å². The van der Waals surface area contributed by atoms with Crippen LogP contribution < -0.4 is 5.32 Å². The standard InChI is InChI=1S/C16H27N5O2.HI/c1-2-17-16(18-11-15-4-8-23-19-15)21-5-3-14(13-21)12-20-6-9-22-10-7-20;/h4,8,14H,2-3,5-7,9-13H2,1H3,(H,17,18);1H. The third-order valence-corrected chi connectivity index (χ3v) is 4.42. The third-order valence-electron chi connectivity index (χ3n) is 4.42. The average Bonchev–Trinajstić information content (AvgIpc) is 3.24. The molecule has 1 atom stereocenters. The molecule has 1 aromatic rings. The number of nitrogens with zero attached hydrogens (tertiary/aromatic N) is 4. The monoisotopic (exact) mass is 449 g/mol. The zero-order chi connectivity index (χ0) is 15.9. The molecule has 1 unspecified atom stereocenters. The van der Waals surface area contributed by atoms with Gasteiger partial charge in [-0.1, -0.05) is 5.16 Å². The number of aliphatic imine (C=N–C) groups is 1. The van der Waals surface area contributed by atoms with E-state index in [1.54, 1.807) is 6.26 Å². The molecule has 1 N–H and O–H groups in total. The Morgan fingerprint density at radius 3 is 2.92 bits per heavy atom. The van der Waals surface area contributed by atoms with Crippen molar-refractivity contribution in [3.05, 3.63) is 18.0 Å². The van der Waals surface area contributed by atoms with Crippen molar-refractivity contribution in [2.75, 3.05) is 52.5 Å². The molecule has 0 bridgehead atoms. The molecule has 1 aromatic heterocycles. The molecular formula is C16H28IN5O2. The minimum Gasteiger partial charge on any atom is -0.379 e. The fourth-order valence-electron chi connectivity index (χ4n) is 3.22. The molecule has 2 fully saturated rings. The maximum absolute atomic E-state index is 5.43. The van der Waals surface area contributed by atoms with Gasteiger partial charge in [-0.25, -0.2) is 4.99 Å². The molecule has 2 aliphatic rings. The van der Waals surface area contributed by atoms with Crippen molar-refractivity contribution in [3.63, 3.8) is 0 Å². The Labute approximate surface area is 160 Å². The SMILES string of the molecule is CCNC(=NCc1ccon1)N1CCC(CN2CCOCC2)C1.I. The van der Waals surface area contributed by atoms with E-state index in [1.807, 2.05) is 6.07 Å². The molecule has 3 rings (SSSR count). The molecule has 7 nitrogen and oxygen atoms in total. The van der Waals surface area contributed by atoms with Crippen LogP contribution in [-0.4, -0.2) is 73.4 Å². The van der Waals surface area contributed by atoms with E-state index in [-0.39, 0.29) is 24.0 Å². The number of hydrogen-bond donors (Lipinski definition) is 1. The number of hydrogen-bond acceptors (Lipinski definition) is 5. The third kappa shape index (κ3) is 5.59. The predicted octanol–water partition coefficient (Wildman–Crippen LogP) is 1.41. The lowest BCUT2D eigenvalue weighted by Crippen LogP contribution is -2.42. The number of morpholine rings is 1. The number of guanidine groups is 1. The van der Waals surface area contributed by atoms with Gasteiger partial charge < -0.3 is 19.5 Å². The number of aromatic nitrogens is 1. The molecular weight excluding hydrogens is 421 g/mol. The van der Waals surface area contributed by atoms with Crippen LogP contribution >= 0.6 is 24.0 Å². The maximum Gasteiger partial charge on any atom is 0.194 e. The topological polar surface area (TPSA) is 66.1 Å². The van der Waals surface area contributed by atoms with Gasteiger partial charge in [0.1, 0.15) is 12.0 Å². The van der Waals surface area contributed by atoms with Crippen LogP contribution in [0, 0.1) is 5.92 Å². The Hall–Kier alpha value is -0.870. The van der Waals surface area contributed by atoms with Crippen LogP contribution in [0.25, 0.3) is 0 Å². The Morgan fingerprint density at radius 1 is 1.38 bits per heavy atom. The van der Waals surface area contributed by atoms with Crippen molar-refractivity contribution >= 4 is 29.9 Å². The molecule has 136 valence electrons. The minimum absolute atomic E-state index is 0. The molecule has 0 radical (unpaired) electrons. The summed E-state index contributed by atoms with van der Waals surface area (Å²) < 4.78 is 10.3. The van der Waals surface area contributed by atoms with Crippen molar-refractivity contribution < 1.29 is 9.26 Å². The van der Waals surface area contributed by atoms with Crippen LogP contribution in [0.4, 0.5) is 0 Å². The molecule has 8 heteroatoms. The highest BCUT2D eigenvalue weighted by Crippen LogP contribution is 2.18. The van der Waals surface area contributed by atoms with Gasteiger partial charge in [-0.3, -0.25) is 4.90 Å². The lowest BCUT2D eigenvalue weighted by molar-refractivity contribution is 0.0315. The molecule has 0 amide bonds. The van der Waals surface area contributed by atoms with E-state index < -0.39 is 0 Å². The van der Waals surface area contributed by atoms with Gasteiger partial charge in [0.05, 0.1) is 19.8 Å². The van der Waals surface area contributed by atoms with E-state index in [9.17, 15) is 0 Å². The number of ether oxygens (including phenoxy) is 1. The van der Waals surface area contributed by atoms with Gasteiger partial charge in [0.15, 0.2) is 5.96 Å². The summed E-state index contributed by atoms with van der Waals surface area (Å²) in [7, 11) is 0. The smallest absolute Gasteiger partial charge is 0.194 e. The van der Waals surface area contributed by atoms with E-state index in [1.165, 1.54) is 13.0 Å². The van der Waals surface area contributed by atoms with Crippen molar-refractivity contribution in [1.82, 2.24) is 20.3 Å². The van der Waals surface area contributed by atoms with E-state index >= 15 is 0 Å². The largest absolute Gasteiger partial charge is 0.379 e. The average molecular weight is 449 g/mol. The van der Waals surface area contributed by atoms with Crippen molar-refractivity contribution in [2.24, 2.45) is 10.9 Å². The first-order chi connectivity index (χ1) is 11.3. The summed E-state index contributed by atoms with van der Waals surface area (Å²) in [5, 5.41) is 7.32. The molecule has 24 heavy (non-hydrogen) atoms. The first-order valence-corrected chi connectivity index (χ1v) is 8.57. The minimum atomic E-state index is 0. The first kappa shape index (κ1) is 19.5. The van der Waals surface area contributed by atoms with Crippen molar-refractivity contribution in [1.29, 1.82) is 0 Å². The number of nitrogens with one attached hydrogen (secondary N) is 1. The summed E-state index contributed by atoms with van der Waals surface area (Å²) in [4.78, 5) is 9.59. The number of halogens is 1. The van der Waals surface area contributed by atoms with E-state index in [4.69, 9.17) is 14.3 Å². The fourth-order valence-corrected chi connectivity index (χ4v) is 3.22. The van der Waals surface area contributed by atoms with E-state index in [0.717, 1.165) is 57.6 Å². The second kappa shape index (κ2) is 10.2. The Kier molecular flexibility index (Phi) is 8.26. The Morgan fingerprint density at radius 2 is 2.21 bits per heavy atom. The van der Waals surface area contributed by atoms with Gasteiger partial charge in [0.2, 0.25) is 0 Å². The van der Waals surface area contributed by atoms with Crippen LogP contribution in [-0.2, 0) is 11.3 Å². The fraction of sp³-hybridized carbons (Fsp3) is 0.750. The van der Waals surface area contributed by atoms with Gasteiger partial charge in [0.25, 0.3) is 0 Å². The normalized spacial score (nSPS) is 22.5. The summed E-state index contributed by atoms with van der Waals surface area (Å²) in [5.41, 5.74) is 0.865. The van der Waals surface area contributed by atoms with E-state index in [0.29, 0.717) is 12.5 Å². The summed E-state index contributed by atoms with van der Waals surface area (Å²) in [5.74, 6) is 1.70. The van der Waals surface area contributed by atoms with Crippen LogP contribution in [0.2, 0.25) is 0 Å². The molecule has 0 aromatic carbocycles. The van der Waals surface area contributed by atoms with Gasteiger partial charge in [-0.05, 0) is 19.3 Å². The second-order valence-corrected chi connectivity index (χ2v) is 6.17. The highest BCUT2D eigenvalue weighted by Gasteiger charge is 2.27. The predicted molar refractivity (Wildman–Crippen MR) is 104 cm³/mol. The van der Waals surface area contributed by atoms with Crippen molar-refractivity contribution in [3.8, 4) is 0 Å². The van der Waals surface area contributed by atoms with E-state index in [2.05, 4.69) is 27.2 Å². The van der Waals surface area contributed by atoms with Crippen LogP contribution in [0.5, 0.6) is 0 Å². The van der Waals surface area contributed by atoms with Gasteiger partial charge in [0, 0.05) is 45.3 Å². The van der Waals surface area contributed by atoms with Crippen LogP contribution in [0.3, 0.4) is 0 Å². The first-order valence-electron chi connectivity index (χ1n) is 8.57. The summed E-state index contributed by atoms with van der Waals surface area (Å²) in [6, 6.07) is 1.86. The zero-order valence-corrected chi connectivity index (χ0v) is 16.6. The highest BCUT2D eigenvalue weighted by atomic mass is 127. The molecule has 3 heterocycles. The molecule has 2 saturated heterocycles. The Bertz CT molecular complexity index is 491. The summed E-state index contributed by atoms with van der Waals surface area (Å²) in [6.45, 7) is 10.7. The number of likely N-dealkylation sites (tertiary alicyclic amines) is 1. The van der Waals surface area contributed by atoms with Gasteiger partial charge in [-0.2, -0.15) is 0 Å². The van der Waals surface area contributed by atoms with Gasteiger partial charge in [-0.15, -0.1) is 24.0 Å². The van der Waals surface area contributed by atoms with Crippen LogP contribution in [0.1, 0.15) is 19.0 Å². The molecule has 2 aliphatic heterocycles. The molecule has 0 saturated carbocycles. The number of rotatable bonds is 5. The lowest BCUT2D eigenvalue weighted by atomic mass is 10.1.